The highest BCUT2D eigenvalue weighted by atomic mass is 16.5. The van der Waals surface area contributed by atoms with E-state index in [9.17, 15) is 14.7 Å². The Morgan fingerprint density at radius 3 is 1.76 bits per heavy atom. The largest absolute Gasteiger partial charge is 0.463 e. The second-order valence-corrected chi connectivity index (χ2v) is 11.8. The number of hydrogen-bond acceptors (Lipinski definition) is 4. The maximum Gasteiger partial charge on any atom is 0.305 e. The Balaban J connectivity index is 2.04. The van der Waals surface area contributed by atoms with Crippen LogP contribution in [0.2, 0.25) is 0 Å². The summed E-state index contributed by atoms with van der Waals surface area (Å²) in [4.78, 5) is 26.9. The van der Waals surface area contributed by atoms with Gasteiger partial charge in [0, 0.05) is 19.4 Å². The number of hydrogen-bond donors (Lipinski definition) is 1. The van der Waals surface area contributed by atoms with Crippen LogP contribution < -0.4 is 0 Å². The number of ether oxygens (including phenoxy) is 1. The normalized spacial score (nSPS) is 16.2. The molecule has 2 atom stereocenters. The molecule has 1 rings (SSSR count). The van der Waals surface area contributed by atoms with E-state index in [2.05, 4.69) is 13.8 Å². The second kappa shape index (κ2) is 24.9. The highest BCUT2D eigenvalue weighted by Crippen LogP contribution is 2.21. The Morgan fingerprint density at radius 2 is 1.21 bits per heavy atom. The first-order chi connectivity index (χ1) is 18.6. The van der Waals surface area contributed by atoms with Gasteiger partial charge in [-0.05, 0) is 32.1 Å². The molecule has 0 saturated carbocycles. The molecular formula is C33H63NO4. The Hall–Kier alpha value is -1.10. The van der Waals surface area contributed by atoms with Crippen LogP contribution in [0.25, 0.3) is 0 Å². The lowest BCUT2D eigenvalue weighted by molar-refractivity contribution is -0.147. The summed E-state index contributed by atoms with van der Waals surface area (Å²) < 4.78 is 5.55. The summed E-state index contributed by atoms with van der Waals surface area (Å²) >= 11 is 0. The lowest BCUT2D eigenvalue weighted by Crippen LogP contribution is -2.39. The third kappa shape index (κ3) is 19.0. The summed E-state index contributed by atoms with van der Waals surface area (Å²) in [6.07, 6.45) is 27.7. The molecular weight excluding hydrogens is 474 g/mol. The summed E-state index contributed by atoms with van der Waals surface area (Å²) in [5.74, 6) is -0.0232. The Labute approximate surface area is 235 Å². The van der Waals surface area contributed by atoms with Gasteiger partial charge in [0.25, 0.3) is 0 Å². The van der Waals surface area contributed by atoms with Crippen molar-refractivity contribution in [2.24, 2.45) is 0 Å². The fraction of sp³-hybridized carbons (Fsp3) is 0.939. The van der Waals surface area contributed by atoms with Gasteiger partial charge in [0.2, 0.25) is 5.91 Å². The van der Waals surface area contributed by atoms with Gasteiger partial charge < -0.3 is 14.7 Å². The summed E-state index contributed by atoms with van der Waals surface area (Å²) in [6, 6.07) is 0.00799. The molecule has 224 valence electrons. The molecule has 1 unspecified atom stereocenters. The molecule has 5 nitrogen and oxygen atoms in total. The van der Waals surface area contributed by atoms with Gasteiger partial charge in [0.15, 0.2) is 0 Å². The molecule has 0 bridgehead atoms. The van der Waals surface area contributed by atoms with Gasteiger partial charge in [0.05, 0.1) is 12.1 Å². The van der Waals surface area contributed by atoms with E-state index >= 15 is 0 Å². The van der Waals surface area contributed by atoms with Gasteiger partial charge in [-0.1, -0.05) is 129 Å². The first kappa shape index (κ1) is 34.9. The molecule has 1 aliphatic heterocycles. The molecule has 38 heavy (non-hydrogen) atoms. The predicted octanol–water partition coefficient (Wildman–Crippen LogP) is 8.89. The van der Waals surface area contributed by atoms with E-state index in [4.69, 9.17) is 4.74 Å². The zero-order valence-corrected chi connectivity index (χ0v) is 25.4. The molecule has 1 fully saturated rings. The molecule has 1 amide bonds. The standard InChI is InChI=1S/C33H63NO4/c1-3-5-7-9-11-13-14-15-17-19-21-25-33(37)38-29-30-23-22-28-34(30)32(36)27-26-31(35)24-20-18-16-12-10-8-6-4-2/h30-31,35H,3-29H2,1-2H3/t30?,31-/m1/s1. The van der Waals surface area contributed by atoms with Gasteiger partial charge in [-0.25, -0.2) is 0 Å². The third-order valence-corrected chi connectivity index (χ3v) is 8.20. The number of unbranched alkanes of at least 4 members (excludes halogenated alkanes) is 17. The van der Waals surface area contributed by atoms with Gasteiger partial charge in [-0.3, -0.25) is 9.59 Å². The molecule has 0 aromatic heterocycles. The quantitative estimate of drug-likeness (QED) is 0.0883. The van der Waals surface area contributed by atoms with Crippen LogP contribution in [0.5, 0.6) is 0 Å². The summed E-state index contributed by atoms with van der Waals surface area (Å²) in [6.45, 7) is 5.57. The fourth-order valence-corrected chi connectivity index (χ4v) is 5.62. The van der Waals surface area contributed by atoms with Crippen molar-refractivity contribution in [3.05, 3.63) is 0 Å². The van der Waals surface area contributed by atoms with Crippen molar-refractivity contribution >= 4 is 11.9 Å². The van der Waals surface area contributed by atoms with Crippen molar-refractivity contribution in [1.82, 2.24) is 4.90 Å². The maximum absolute atomic E-state index is 12.8. The maximum atomic E-state index is 12.8. The van der Waals surface area contributed by atoms with E-state index in [-0.39, 0.29) is 24.0 Å². The highest BCUT2D eigenvalue weighted by molar-refractivity contribution is 5.77. The molecule has 0 spiro atoms. The van der Waals surface area contributed by atoms with Crippen LogP contribution in [0.15, 0.2) is 0 Å². The molecule has 1 N–H and O–H groups in total. The van der Waals surface area contributed by atoms with E-state index in [1.807, 2.05) is 4.90 Å². The molecule has 1 aliphatic rings. The van der Waals surface area contributed by atoms with E-state index in [0.717, 1.165) is 45.1 Å². The Kier molecular flexibility index (Phi) is 22.9. The number of esters is 1. The summed E-state index contributed by atoms with van der Waals surface area (Å²) in [7, 11) is 0. The van der Waals surface area contributed by atoms with Crippen molar-refractivity contribution in [3.63, 3.8) is 0 Å². The van der Waals surface area contributed by atoms with Gasteiger partial charge in [-0.2, -0.15) is 0 Å². The van der Waals surface area contributed by atoms with Crippen LogP contribution in [-0.2, 0) is 14.3 Å². The average molecular weight is 538 g/mol. The van der Waals surface area contributed by atoms with E-state index < -0.39 is 0 Å². The van der Waals surface area contributed by atoms with Crippen LogP contribution in [0.1, 0.15) is 174 Å². The van der Waals surface area contributed by atoms with E-state index in [1.54, 1.807) is 0 Å². The molecule has 5 heteroatoms. The number of nitrogens with zero attached hydrogens (tertiary/aromatic N) is 1. The fourth-order valence-electron chi connectivity index (χ4n) is 5.62. The monoisotopic (exact) mass is 537 g/mol. The van der Waals surface area contributed by atoms with Crippen molar-refractivity contribution in [1.29, 1.82) is 0 Å². The number of rotatable bonds is 26. The van der Waals surface area contributed by atoms with Crippen LogP contribution in [-0.4, -0.2) is 47.2 Å². The minimum atomic E-state index is -0.385. The summed E-state index contributed by atoms with van der Waals surface area (Å²) in [5.41, 5.74) is 0. The lowest BCUT2D eigenvalue weighted by atomic mass is 10.0. The second-order valence-electron chi connectivity index (χ2n) is 11.8. The lowest BCUT2D eigenvalue weighted by Gasteiger charge is -2.25. The zero-order chi connectivity index (χ0) is 27.7. The van der Waals surface area contributed by atoms with Crippen molar-refractivity contribution in [2.75, 3.05) is 13.2 Å². The number of aliphatic hydroxyl groups is 1. The first-order valence-electron chi connectivity index (χ1n) is 16.7. The molecule has 0 aromatic rings. The topological polar surface area (TPSA) is 66.8 Å². The Morgan fingerprint density at radius 1 is 0.711 bits per heavy atom. The zero-order valence-electron chi connectivity index (χ0n) is 25.4. The minimum absolute atomic E-state index is 0.00799. The van der Waals surface area contributed by atoms with Gasteiger partial charge in [0.1, 0.15) is 6.61 Å². The van der Waals surface area contributed by atoms with Crippen molar-refractivity contribution < 1.29 is 19.4 Å². The first-order valence-corrected chi connectivity index (χ1v) is 16.7. The molecule has 0 aliphatic carbocycles. The number of likely N-dealkylation sites (tertiary alicyclic amines) is 1. The van der Waals surface area contributed by atoms with Crippen LogP contribution in [0.3, 0.4) is 0 Å². The van der Waals surface area contributed by atoms with Crippen molar-refractivity contribution in [3.8, 4) is 0 Å². The number of aliphatic hydroxyl groups excluding tert-OH is 1. The van der Waals surface area contributed by atoms with Gasteiger partial charge >= 0.3 is 5.97 Å². The number of amides is 1. The SMILES string of the molecule is CCCCCCCCCCCCCC(=O)OCC1CCCN1C(=O)CC[C@H](O)CCCCCCCCCC. The Bertz CT molecular complexity index is 567. The molecule has 1 saturated heterocycles. The predicted molar refractivity (Wildman–Crippen MR) is 159 cm³/mol. The highest BCUT2D eigenvalue weighted by Gasteiger charge is 2.29. The third-order valence-electron chi connectivity index (χ3n) is 8.20. The van der Waals surface area contributed by atoms with Gasteiger partial charge in [-0.15, -0.1) is 0 Å². The number of carbonyl (C=O) groups is 2. The summed E-state index contributed by atoms with van der Waals surface area (Å²) in [5, 5.41) is 10.3. The average Bonchev–Trinajstić information content (AvgIpc) is 3.39. The molecule has 0 radical (unpaired) electrons. The van der Waals surface area contributed by atoms with Crippen LogP contribution in [0.4, 0.5) is 0 Å². The van der Waals surface area contributed by atoms with Crippen LogP contribution >= 0.6 is 0 Å². The van der Waals surface area contributed by atoms with E-state index in [0.29, 0.717) is 25.9 Å². The van der Waals surface area contributed by atoms with Crippen molar-refractivity contribution in [2.45, 2.75) is 187 Å². The van der Waals surface area contributed by atoms with E-state index in [1.165, 1.54) is 103 Å². The minimum Gasteiger partial charge on any atom is -0.463 e. The number of carbonyl (C=O) groups excluding carboxylic acids is 2. The molecule has 0 aromatic carbocycles. The molecule has 1 heterocycles. The van der Waals surface area contributed by atoms with Crippen LogP contribution in [0, 0.1) is 0 Å². The smallest absolute Gasteiger partial charge is 0.305 e.